The van der Waals surface area contributed by atoms with Crippen molar-refractivity contribution in [3.8, 4) is 0 Å². The number of aliphatic hydroxyl groups excluding tert-OH is 1. The second-order valence-corrected chi connectivity index (χ2v) is 8.49. The summed E-state index contributed by atoms with van der Waals surface area (Å²) < 4.78 is 1.46. The van der Waals surface area contributed by atoms with Crippen molar-refractivity contribution in [2.75, 3.05) is 18.0 Å². The lowest BCUT2D eigenvalue weighted by molar-refractivity contribution is 0.0669. The summed E-state index contributed by atoms with van der Waals surface area (Å²) in [6.45, 7) is 3.10. The van der Waals surface area contributed by atoms with Crippen LogP contribution < -0.4 is 15.8 Å². The summed E-state index contributed by atoms with van der Waals surface area (Å²) in [6.07, 6.45) is 8.96. The van der Waals surface area contributed by atoms with E-state index in [0.717, 1.165) is 50.8 Å². The molecular formula is C22H30N6O3. The monoisotopic (exact) mass is 426 g/mol. The molecule has 1 aliphatic heterocycles. The van der Waals surface area contributed by atoms with Crippen LogP contribution in [0.5, 0.6) is 0 Å². The average molecular weight is 427 g/mol. The van der Waals surface area contributed by atoms with E-state index >= 15 is 0 Å². The number of carbonyl (C=O) groups excluding carboxylic acids is 1. The Balaban J connectivity index is 1.49. The highest BCUT2D eigenvalue weighted by Crippen LogP contribution is 2.28. The molecule has 2 aliphatic rings. The van der Waals surface area contributed by atoms with Gasteiger partial charge in [-0.25, -0.2) is 9.67 Å². The number of nitrogens with zero attached hydrogens (tertiary/aromatic N) is 5. The molecule has 0 radical (unpaired) electrons. The summed E-state index contributed by atoms with van der Waals surface area (Å²) in [4.78, 5) is 35.4. The quantitative estimate of drug-likeness (QED) is 0.747. The van der Waals surface area contributed by atoms with E-state index in [1.165, 1.54) is 16.9 Å². The van der Waals surface area contributed by atoms with Gasteiger partial charge in [0.2, 0.25) is 0 Å². The largest absolute Gasteiger partial charge is 0.391 e. The average Bonchev–Trinajstić information content (AvgIpc) is 2.79. The number of aromatic nitrogens is 4. The van der Waals surface area contributed by atoms with E-state index in [2.05, 4.69) is 25.3 Å². The number of nitrogens with one attached hydrogen (secondary N) is 1. The van der Waals surface area contributed by atoms with Gasteiger partial charge >= 0.3 is 0 Å². The van der Waals surface area contributed by atoms with Gasteiger partial charge in [0.05, 0.1) is 24.0 Å². The number of aliphatic hydroxyl groups is 1. The standard InChI is InChI=1S/C22H30N6O3/c1-15-12-24-17(14-23-15)22(31)25-13-16-6-4-5-11-27(16)20-9-10-21(30)28(26-20)18-7-2-3-8-19(18)29/h9-10,12,14,16,18-19,29H,2-8,11,13H2,1H3,(H,25,31). The molecule has 1 saturated carbocycles. The van der Waals surface area contributed by atoms with Crippen molar-refractivity contribution in [2.24, 2.45) is 0 Å². The van der Waals surface area contributed by atoms with E-state index in [9.17, 15) is 14.7 Å². The Morgan fingerprint density at radius 2 is 1.94 bits per heavy atom. The second-order valence-electron chi connectivity index (χ2n) is 8.49. The van der Waals surface area contributed by atoms with Gasteiger partial charge in [0.25, 0.3) is 11.5 Å². The fourth-order valence-corrected chi connectivity index (χ4v) is 4.51. The first-order valence-corrected chi connectivity index (χ1v) is 11.1. The minimum absolute atomic E-state index is 0.0749. The van der Waals surface area contributed by atoms with Crippen LogP contribution in [0.4, 0.5) is 5.82 Å². The van der Waals surface area contributed by atoms with Crippen molar-refractivity contribution in [3.63, 3.8) is 0 Å². The smallest absolute Gasteiger partial charge is 0.271 e. The minimum Gasteiger partial charge on any atom is -0.391 e. The molecule has 2 fully saturated rings. The van der Waals surface area contributed by atoms with Crippen LogP contribution >= 0.6 is 0 Å². The fraction of sp³-hybridized carbons (Fsp3) is 0.591. The van der Waals surface area contributed by atoms with Crippen LogP contribution in [-0.4, -0.2) is 56.0 Å². The maximum Gasteiger partial charge on any atom is 0.271 e. The fourth-order valence-electron chi connectivity index (χ4n) is 4.51. The van der Waals surface area contributed by atoms with Crippen molar-refractivity contribution < 1.29 is 9.90 Å². The topological polar surface area (TPSA) is 113 Å². The Kier molecular flexibility index (Phi) is 6.60. The zero-order chi connectivity index (χ0) is 21.8. The van der Waals surface area contributed by atoms with Gasteiger partial charge < -0.3 is 15.3 Å². The van der Waals surface area contributed by atoms with Gasteiger partial charge in [-0.05, 0) is 45.1 Å². The lowest BCUT2D eigenvalue weighted by atomic mass is 9.93. The number of rotatable bonds is 5. The maximum atomic E-state index is 12.5. The molecule has 0 spiro atoms. The molecule has 0 aromatic carbocycles. The first kappa shape index (κ1) is 21.4. The molecule has 1 amide bonds. The number of hydrogen-bond acceptors (Lipinski definition) is 7. The van der Waals surface area contributed by atoms with Crippen LogP contribution in [0, 0.1) is 6.92 Å². The molecule has 2 aromatic rings. The Labute approximate surface area is 181 Å². The molecule has 3 heterocycles. The summed E-state index contributed by atoms with van der Waals surface area (Å²) in [7, 11) is 0. The molecule has 9 heteroatoms. The number of piperidine rings is 1. The highest BCUT2D eigenvalue weighted by molar-refractivity contribution is 5.91. The predicted molar refractivity (Wildman–Crippen MR) is 116 cm³/mol. The molecule has 166 valence electrons. The first-order chi connectivity index (χ1) is 15.0. The molecular weight excluding hydrogens is 396 g/mol. The summed E-state index contributed by atoms with van der Waals surface area (Å²) in [5.74, 6) is 0.465. The van der Waals surface area contributed by atoms with Crippen molar-refractivity contribution >= 4 is 11.7 Å². The Hall–Kier alpha value is -2.81. The molecule has 9 nitrogen and oxygen atoms in total. The highest BCUT2D eigenvalue weighted by atomic mass is 16.3. The Bertz CT molecular complexity index is 960. The van der Waals surface area contributed by atoms with Crippen LogP contribution in [0.3, 0.4) is 0 Å². The van der Waals surface area contributed by atoms with Crippen molar-refractivity contribution in [1.29, 1.82) is 0 Å². The Morgan fingerprint density at radius 1 is 1.13 bits per heavy atom. The predicted octanol–water partition coefficient (Wildman–Crippen LogP) is 1.61. The van der Waals surface area contributed by atoms with Crippen molar-refractivity contribution in [2.45, 2.75) is 70.1 Å². The van der Waals surface area contributed by atoms with Gasteiger partial charge in [0.1, 0.15) is 11.5 Å². The third-order valence-electron chi connectivity index (χ3n) is 6.25. The van der Waals surface area contributed by atoms with E-state index in [0.29, 0.717) is 24.5 Å². The maximum absolute atomic E-state index is 12.5. The third-order valence-corrected chi connectivity index (χ3v) is 6.25. The van der Waals surface area contributed by atoms with Gasteiger partial charge in [0, 0.05) is 31.4 Å². The molecule has 1 aliphatic carbocycles. The normalized spacial score (nSPS) is 24.1. The number of anilines is 1. The number of carbonyl (C=O) groups is 1. The summed E-state index contributed by atoms with van der Waals surface area (Å²) in [6, 6.07) is 3.09. The molecule has 2 aromatic heterocycles. The number of hydrogen-bond donors (Lipinski definition) is 2. The van der Waals surface area contributed by atoms with Crippen LogP contribution in [0.15, 0.2) is 29.3 Å². The van der Waals surface area contributed by atoms with Crippen molar-refractivity contribution in [3.05, 3.63) is 46.3 Å². The van der Waals surface area contributed by atoms with E-state index < -0.39 is 6.10 Å². The van der Waals surface area contributed by atoms with Gasteiger partial charge in [-0.1, -0.05) is 12.8 Å². The molecule has 4 rings (SSSR count). The van der Waals surface area contributed by atoms with Gasteiger partial charge in [-0.15, -0.1) is 0 Å². The third kappa shape index (κ3) is 4.92. The summed E-state index contributed by atoms with van der Waals surface area (Å²) in [5.41, 5.74) is 0.875. The van der Waals surface area contributed by atoms with E-state index in [1.807, 2.05) is 6.92 Å². The summed E-state index contributed by atoms with van der Waals surface area (Å²) >= 11 is 0. The molecule has 3 atom stereocenters. The van der Waals surface area contributed by atoms with E-state index in [4.69, 9.17) is 0 Å². The van der Waals surface area contributed by atoms with Crippen LogP contribution in [0.25, 0.3) is 0 Å². The molecule has 3 unspecified atom stereocenters. The second kappa shape index (κ2) is 9.55. The SMILES string of the molecule is Cc1cnc(C(=O)NCC2CCCCN2c2ccc(=O)n(C3CCCCC3O)n2)cn1. The van der Waals surface area contributed by atoms with Gasteiger partial charge in [0.15, 0.2) is 0 Å². The van der Waals surface area contributed by atoms with Crippen LogP contribution in [0.2, 0.25) is 0 Å². The molecule has 1 saturated heterocycles. The molecule has 2 N–H and O–H groups in total. The van der Waals surface area contributed by atoms with Crippen LogP contribution in [0.1, 0.15) is 67.2 Å². The van der Waals surface area contributed by atoms with Crippen LogP contribution in [-0.2, 0) is 0 Å². The van der Waals surface area contributed by atoms with Crippen molar-refractivity contribution in [1.82, 2.24) is 25.1 Å². The Morgan fingerprint density at radius 3 is 2.71 bits per heavy atom. The number of aryl methyl sites for hydroxylation is 1. The lowest BCUT2D eigenvalue weighted by Crippen LogP contribution is -2.48. The minimum atomic E-state index is -0.541. The molecule has 31 heavy (non-hydrogen) atoms. The highest BCUT2D eigenvalue weighted by Gasteiger charge is 2.29. The number of amides is 1. The zero-order valence-corrected chi connectivity index (χ0v) is 17.9. The first-order valence-electron chi connectivity index (χ1n) is 11.1. The van der Waals surface area contributed by atoms with E-state index in [1.54, 1.807) is 12.3 Å². The lowest BCUT2D eigenvalue weighted by Gasteiger charge is -2.37. The van der Waals surface area contributed by atoms with Gasteiger partial charge in [-0.2, -0.15) is 5.10 Å². The summed E-state index contributed by atoms with van der Waals surface area (Å²) in [5, 5.41) is 18.0. The van der Waals surface area contributed by atoms with E-state index in [-0.39, 0.29) is 23.6 Å². The zero-order valence-electron chi connectivity index (χ0n) is 17.9. The van der Waals surface area contributed by atoms with Gasteiger partial charge in [-0.3, -0.25) is 14.6 Å². The molecule has 0 bridgehead atoms.